The summed E-state index contributed by atoms with van der Waals surface area (Å²) in [5, 5.41) is 0. The van der Waals surface area contributed by atoms with Gasteiger partial charge in [0, 0.05) is 21.3 Å². The number of hydrogen-bond acceptors (Lipinski definition) is 6. The van der Waals surface area contributed by atoms with E-state index in [0.29, 0.717) is 25.2 Å². The average Bonchev–Trinajstić information content (AvgIpc) is 2.81. The average molecular weight is 633 g/mol. The molecule has 0 heterocycles. The van der Waals surface area contributed by atoms with Crippen LogP contribution in [-0.4, -0.2) is 35.7 Å². The summed E-state index contributed by atoms with van der Waals surface area (Å²) < 4.78 is 85.2. The van der Waals surface area contributed by atoms with Gasteiger partial charge in [-0.15, -0.1) is 0 Å². The van der Waals surface area contributed by atoms with Gasteiger partial charge in [-0.2, -0.15) is 26.3 Å². The first-order valence-electron chi connectivity index (χ1n) is 12.5. The van der Waals surface area contributed by atoms with Crippen LogP contribution in [0.1, 0.15) is 54.4 Å². The molecule has 2 aromatic carbocycles. The highest BCUT2D eigenvalue weighted by molar-refractivity contribution is 8.76. The van der Waals surface area contributed by atoms with Gasteiger partial charge in [0.05, 0.1) is 13.2 Å². The van der Waals surface area contributed by atoms with Crippen molar-refractivity contribution in [3.63, 3.8) is 0 Å². The molecule has 0 saturated carbocycles. The zero-order valence-electron chi connectivity index (χ0n) is 22.4. The van der Waals surface area contributed by atoms with Gasteiger partial charge in [0.1, 0.15) is 11.5 Å². The molecule has 0 bridgehead atoms. The molecule has 0 N–H and O–H groups in total. The van der Waals surface area contributed by atoms with Crippen molar-refractivity contribution >= 4 is 45.1 Å². The van der Waals surface area contributed by atoms with Crippen molar-refractivity contribution in [2.24, 2.45) is 0 Å². The molecule has 220 valence electrons. The fraction of sp³-hybridized carbons (Fsp3) is 0.556. The number of halogens is 6. The Labute approximate surface area is 243 Å². The summed E-state index contributed by atoms with van der Waals surface area (Å²) in [5.74, 6) is 1.51. The lowest BCUT2D eigenvalue weighted by molar-refractivity contribution is -0.0337. The Hall–Kier alpha value is -0.980. The molecular formula is C27H34F6O2S4. The molecule has 0 unspecified atom stereocenters. The number of unbranched alkanes of at least 4 members (excludes halogenated alkanes) is 3. The van der Waals surface area contributed by atoms with Crippen LogP contribution in [0, 0.1) is 27.7 Å². The number of ether oxygens (including phenoxy) is 2. The minimum atomic E-state index is -4.22. The summed E-state index contributed by atoms with van der Waals surface area (Å²) in [6.45, 7) is 8.68. The molecule has 2 rings (SSSR count). The highest BCUT2D eigenvalue weighted by Crippen LogP contribution is 2.44. The second-order valence-corrected chi connectivity index (χ2v) is 13.5. The second kappa shape index (κ2) is 16.5. The van der Waals surface area contributed by atoms with Crippen LogP contribution in [0.15, 0.2) is 34.1 Å². The van der Waals surface area contributed by atoms with Crippen molar-refractivity contribution in [1.82, 2.24) is 0 Å². The van der Waals surface area contributed by atoms with Gasteiger partial charge in [-0.25, -0.2) is 0 Å². The highest BCUT2D eigenvalue weighted by Gasteiger charge is 2.27. The Kier molecular flexibility index (Phi) is 14.4. The van der Waals surface area contributed by atoms with Crippen molar-refractivity contribution in [2.45, 2.75) is 80.6 Å². The van der Waals surface area contributed by atoms with E-state index in [4.69, 9.17) is 9.47 Å². The fourth-order valence-corrected chi connectivity index (χ4v) is 7.12. The SMILES string of the molecule is Cc1cc(C)c(SSc2cc(OCCCSC(F)(F)F)c(C)cc2C)cc1OCCCCCCSC(F)(F)F. The molecule has 12 heteroatoms. The quantitative estimate of drug-likeness (QED) is 0.103. The van der Waals surface area contributed by atoms with E-state index >= 15 is 0 Å². The Bertz CT molecular complexity index is 1040. The molecule has 0 amide bonds. The molecule has 0 radical (unpaired) electrons. The van der Waals surface area contributed by atoms with Crippen LogP contribution in [0.25, 0.3) is 0 Å². The Balaban J connectivity index is 1.87. The van der Waals surface area contributed by atoms with Gasteiger partial charge >= 0.3 is 11.0 Å². The topological polar surface area (TPSA) is 18.5 Å². The summed E-state index contributed by atoms with van der Waals surface area (Å²) in [4.78, 5) is 2.06. The summed E-state index contributed by atoms with van der Waals surface area (Å²) >= 11 is -0.00195. The molecule has 0 aromatic heterocycles. The first-order chi connectivity index (χ1) is 18.2. The van der Waals surface area contributed by atoms with Crippen molar-refractivity contribution < 1.29 is 35.8 Å². The van der Waals surface area contributed by atoms with Gasteiger partial charge in [-0.1, -0.05) is 70.1 Å². The molecular weight excluding hydrogens is 599 g/mol. The van der Waals surface area contributed by atoms with Gasteiger partial charge < -0.3 is 9.47 Å². The van der Waals surface area contributed by atoms with E-state index in [1.807, 2.05) is 45.9 Å². The minimum absolute atomic E-state index is 0.0325. The van der Waals surface area contributed by atoms with Crippen molar-refractivity contribution in [1.29, 1.82) is 0 Å². The molecule has 0 aliphatic rings. The smallest absolute Gasteiger partial charge is 0.441 e. The van der Waals surface area contributed by atoms with E-state index in [1.165, 1.54) is 0 Å². The lowest BCUT2D eigenvalue weighted by atomic mass is 10.1. The lowest BCUT2D eigenvalue weighted by Gasteiger charge is -2.15. The lowest BCUT2D eigenvalue weighted by Crippen LogP contribution is -2.05. The Morgan fingerprint density at radius 3 is 1.41 bits per heavy atom. The maximum absolute atomic E-state index is 12.3. The van der Waals surface area contributed by atoms with Crippen LogP contribution < -0.4 is 9.47 Å². The van der Waals surface area contributed by atoms with Crippen LogP contribution in [0.5, 0.6) is 11.5 Å². The molecule has 39 heavy (non-hydrogen) atoms. The van der Waals surface area contributed by atoms with E-state index in [9.17, 15) is 26.3 Å². The van der Waals surface area contributed by atoms with Crippen LogP contribution in [-0.2, 0) is 0 Å². The van der Waals surface area contributed by atoms with Crippen LogP contribution >= 0.6 is 45.1 Å². The first-order valence-corrected chi connectivity index (χ1v) is 16.6. The third-order valence-corrected chi connectivity index (χ3v) is 9.83. The first kappa shape index (κ1) is 34.2. The van der Waals surface area contributed by atoms with Crippen LogP contribution in [0.2, 0.25) is 0 Å². The van der Waals surface area contributed by atoms with E-state index in [2.05, 4.69) is 6.07 Å². The monoisotopic (exact) mass is 632 g/mol. The van der Waals surface area contributed by atoms with Gasteiger partial charge in [-0.3, -0.25) is 0 Å². The molecule has 0 fully saturated rings. The van der Waals surface area contributed by atoms with Gasteiger partial charge in [-0.05, 0) is 81.3 Å². The molecule has 2 aromatic rings. The van der Waals surface area contributed by atoms with Gasteiger partial charge in [0.25, 0.3) is 0 Å². The van der Waals surface area contributed by atoms with Crippen LogP contribution in [0.3, 0.4) is 0 Å². The third kappa shape index (κ3) is 14.0. The van der Waals surface area contributed by atoms with Crippen molar-refractivity contribution in [2.75, 3.05) is 24.7 Å². The van der Waals surface area contributed by atoms with Crippen molar-refractivity contribution in [3.05, 3.63) is 46.5 Å². The number of aryl methyl sites for hydroxylation is 4. The zero-order chi connectivity index (χ0) is 29.1. The van der Waals surface area contributed by atoms with Gasteiger partial charge in [0.15, 0.2) is 0 Å². The van der Waals surface area contributed by atoms with E-state index in [-0.39, 0.29) is 41.6 Å². The maximum Gasteiger partial charge on any atom is 0.441 e. The van der Waals surface area contributed by atoms with E-state index in [0.717, 1.165) is 57.1 Å². The predicted octanol–water partition coefficient (Wildman–Crippen LogP) is 10.9. The second-order valence-electron chi connectivity index (χ2n) is 8.99. The maximum atomic E-state index is 12.3. The van der Waals surface area contributed by atoms with E-state index < -0.39 is 11.0 Å². The molecule has 0 aliphatic carbocycles. The fourth-order valence-electron chi connectivity index (χ4n) is 3.56. The number of hydrogen-bond donors (Lipinski definition) is 0. The van der Waals surface area contributed by atoms with Crippen molar-refractivity contribution in [3.8, 4) is 11.5 Å². The molecule has 0 atom stereocenters. The molecule has 0 saturated heterocycles. The largest absolute Gasteiger partial charge is 0.493 e. The number of thioether (sulfide) groups is 2. The minimum Gasteiger partial charge on any atom is -0.493 e. The number of alkyl halides is 6. The Morgan fingerprint density at radius 2 is 0.949 bits per heavy atom. The molecule has 0 aliphatic heterocycles. The summed E-state index contributed by atoms with van der Waals surface area (Å²) in [6, 6.07) is 8.04. The van der Waals surface area contributed by atoms with Gasteiger partial charge in [0.2, 0.25) is 0 Å². The molecule has 0 spiro atoms. The summed E-state index contributed by atoms with van der Waals surface area (Å²) in [6.07, 6.45) is 3.18. The third-order valence-electron chi connectivity index (χ3n) is 5.54. The number of rotatable bonds is 16. The summed E-state index contributed by atoms with van der Waals surface area (Å²) in [5.41, 5.74) is -4.22. The zero-order valence-corrected chi connectivity index (χ0v) is 25.7. The number of benzene rings is 2. The molecule has 2 nitrogen and oxygen atoms in total. The summed E-state index contributed by atoms with van der Waals surface area (Å²) in [7, 11) is 3.19. The normalized spacial score (nSPS) is 12.2. The predicted molar refractivity (Wildman–Crippen MR) is 155 cm³/mol. The van der Waals surface area contributed by atoms with Crippen LogP contribution in [0.4, 0.5) is 26.3 Å². The van der Waals surface area contributed by atoms with E-state index in [1.54, 1.807) is 21.6 Å². The Morgan fingerprint density at radius 1 is 0.538 bits per heavy atom. The highest BCUT2D eigenvalue weighted by atomic mass is 33.1. The standard InChI is InChI=1S/C27H34F6O2S4/c1-18-14-20(3)24(16-22(18)34-10-7-5-6-8-12-36-26(28,29)30)38-39-25-17-23(19(2)15-21(25)4)35-11-9-13-37-27(31,32)33/h14-17H,5-13H2,1-4H3.